The van der Waals surface area contributed by atoms with Gasteiger partial charge in [0.1, 0.15) is 5.82 Å². The number of nitrogens with two attached hydrogens (primary N) is 1. The van der Waals surface area contributed by atoms with Gasteiger partial charge >= 0.3 is 0 Å². The van der Waals surface area contributed by atoms with Crippen molar-refractivity contribution in [2.75, 3.05) is 19.3 Å². The maximum Gasteiger partial charge on any atom is 0.254 e. The Kier molecular flexibility index (Phi) is 4.14. The molecular weight excluding hydrogens is 282 g/mol. The SMILES string of the molecule is CN(CC(C)(C)C)C(=O)c1cc(N)ncc1Br. The Morgan fingerprint density at radius 2 is 2.12 bits per heavy atom. The van der Waals surface area contributed by atoms with Gasteiger partial charge in [-0.15, -0.1) is 0 Å². The number of rotatable bonds is 2. The Balaban J connectivity index is 2.93. The summed E-state index contributed by atoms with van der Waals surface area (Å²) < 4.78 is 0.664. The van der Waals surface area contributed by atoms with Crippen molar-refractivity contribution in [1.29, 1.82) is 0 Å². The number of halogens is 1. The second-order valence-corrected chi connectivity index (χ2v) is 6.17. The van der Waals surface area contributed by atoms with Gasteiger partial charge in [-0.05, 0) is 27.4 Å². The predicted molar refractivity (Wildman–Crippen MR) is 72.8 cm³/mol. The molecule has 2 N–H and O–H groups in total. The highest BCUT2D eigenvalue weighted by molar-refractivity contribution is 9.10. The van der Waals surface area contributed by atoms with Gasteiger partial charge in [0, 0.05) is 24.3 Å². The molecule has 0 bridgehead atoms. The van der Waals surface area contributed by atoms with Gasteiger partial charge in [0.25, 0.3) is 5.91 Å². The summed E-state index contributed by atoms with van der Waals surface area (Å²) in [5, 5.41) is 0. The van der Waals surface area contributed by atoms with Gasteiger partial charge in [-0.2, -0.15) is 0 Å². The normalized spacial score (nSPS) is 11.4. The Bertz CT molecular complexity index is 426. The number of hydrogen-bond donors (Lipinski definition) is 1. The Hall–Kier alpha value is -1.10. The highest BCUT2D eigenvalue weighted by atomic mass is 79.9. The van der Waals surface area contributed by atoms with Gasteiger partial charge in [0.05, 0.1) is 5.56 Å². The topological polar surface area (TPSA) is 59.2 Å². The Morgan fingerprint density at radius 3 is 2.65 bits per heavy atom. The van der Waals surface area contributed by atoms with Crippen molar-refractivity contribution >= 4 is 27.7 Å². The zero-order chi connectivity index (χ0) is 13.2. The van der Waals surface area contributed by atoms with Crippen LogP contribution in [0.15, 0.2) is 16.7 Å². The van der Waals surface area contributed by atoms with Gasteiger partial charge in [0.15, 0.2) is 0 Å². The highest BCUT2D eigenvalue weighted by Gasteiger charge is 2.20. The lowest BCUT2D eigenvalue weighted by Crippen LogP contribution is -2.34. The molecule has 1 amide bonds. The fourth-order valence-electron chi connectivity index (χ4n) is 1.61. The van der Waals surface area contributed by atoms with E-state index in [0.29, 0.717) is 22.4 Å². The summed E-state index contributed by atoms with van der Waals surface area (Å²) in [5.41, 5.74) is 6.20. The number of nitrogen functional groups attached to an aromatic ring is 1. The Morgan fingerprint density at radius 1 is 1.53 bits per heavy atom. The lowest BCUT2D eigenvalue weighted by Gasteiger charge is -2.27. The van der Waals surface area contributed by atoms with Crippen LogP contribution in [-0.2, 0) is 0 Å². The van der Waals surface area contributed by atoms with E-state index in [4.69, 9.17) is 5.73 Å². The van der Waals surface area contributed by atoms with E-state index in [1.54, 1.807) is 24.2 Å². The molecule has 1 rings (SSSR count). The molecule has 0 aromatic carbocycles. The molecule has 1 aromatic rings. The fraction of sp³-hybridized carbons (Fsp3) is 0.500. The lowest BCUT2D eigenvalue weighted by atomic mass is 9.96. The third-order valence-electron chi connectivity index (χ3n) is 2.17. The van der Waals surface area contributed by atoms with Crippen LogP contribution >= 0.6 is 15.9 Å². The first-order chi connectivity index (χ1) is 7.70. The molecule has 17 heavy (non-hydrogen) atoms. The summed E-state index contributed by atoms with van der Waals surface area (Å²) in [4.78, 5) is 17.8. The molecule has 0 saturated heterocycles. The third kappa shape index (κ3) is 4.00. The zero-order valence-electron chi connectivity index (χ0n) is 10.6. The lowest BCUT2D eigenvalue weighted by molar-refractivity contribution is 0.0744. The van der Waals surface area contributed by atoms with Gasteiger partial charge in [-0.25, -0.2) is 4.98 Å². The first-order valence-electron chi connectivity index (χ1n) is 5.37. The smallest absolute Gasteiger partial charge is 0.254 e. The van der Waals surface area contributed by atoms with E-state index in [1.165, 1.54) is 0 Å². The molecule has 1 heterocycles. The molecule has 1 aromatic heterocycles. The highest BCUT2D eigenvalue weighted by Crippen LogP contribution is 2.21. The van der Waals surface area contributed by atoms with Crippen LogP contribution in [0, 0.1) is 5.41 Å². The number of hydrogen-bond acceptors (Lipinski definition) is 3. The van der Waals surface area contributed by atoms with E-state index in [9.17, 15) is 4.79 Å². The van der Waals surface area contributed by atoms with E-state index in [0.717, 1.165) is 0 Å². The molecule has 5 heteroatoms. The second-order valence-electron chi connectivity index (χ2n) is 5.31. The number of nitrogens with zero attached hydrogens (tertiary/aromatic N) is 2. The molecule has 0 aliphatic rings. The quantitative estimate of drug-likeness (QED) is 0.913. The minimum absolute atomic E-state index is 0.0547. The molecule has 0 saturated carbocycles. The maximum absolute atomic E-state index is 12.2. The van der Waals surface area contributed by atoms with E-state index < -0.39 is 0 Å². The van der Waals surface area contributed by atoms with Crippen LogP contribution < -0.4 is 5.73 Å². The predicted octanol–water partition coefficient (Wildman–Crippen LogP) is 2.54. The molecule has 0 radical (unpaired) electrons. The van der Waals surface area contributed by atoms with E-state index in [1.807, 2.05) is 0 Å². The minimum Gasteiger partial charge on any atom is -0.384 e. The summed E-state index contributed by atoms with van der Waals surface area (Å²) >= 11 is 3.31. The summed E-state index contributed by atoms with van der Waals surface area (Å²) in [6.07, 6.45) is 1.55. The number of pyridine rings is 1. The average Bonchev–Trinajstić information content (AvgIpc) is 2.18. The molecule has 0 atom stereocenters. The molecular formula is C12H18BrN3O. The van der Waals surface area contributed by atoms with E-state index >= 15 is 0 Å². The van der Waals surface area contributed by atoms with Gasteiger partial charge in [-0.3, -0.25) is 4.79 Å². The summed E-state index contributed by atoms with van der Waals surface area (Å²) in [6.45, 7) is 6.95. The van der Waals surface area contributed by atoms with Crippen LogP contribution in [0.1, 0.15) is 31.1 Å². The van der Waals surface area contributed by atoms with Gasteiger partial charge < -0.3 is 10.6 Å². The number of carbonyl (C=O) groups is 1. The zero-order valence-corrected chi connectivity index (χ0v) is 12.2. The molecule has 0 fully saturated rings. The van der Waals surface area contributed by atoms with Crippen LogP contribution in [0.5, 0.6) is 0 Å². The average molecular weight is 300 g/mol. The van der Waals surface area contributed by atoms with Gasteiger partial charge in [0.2, 0.25) is 0 Å². The van der Waals surface area contributed by atoms with Crippen LogP contribution in [0.2, 0.25) is 0 Å². The molecule has 0 spiro atoms. The van der Waals surface area contributed by atoms with Crippen molar-refractivity contribution in [3.8, 4) is 0 Å². The summed E-state index contributed by atoms with van der Waals surface area (Å²) in [5.74, 6) is 0.293. The number of aromatic nitrogens is 1. The standard InChI is InChI=1S/C12H18BrN3O/c1-12(2,3)7-16(4)11(17)8-5-10(14)15-6-9(8)13/h5-6H,7H2,1-4H3,(H2,14,15). The number of carbonyl (C=O) groups excluding carboxylic acids is 1. The van der Waals surface area contributed by atoms with Crippen LogP contribution in [0.3, 0.4) is 0 Å². The van der Waals surface area contributed by atoms with Crippen molar-refractivity contribution in [3.05, 3.63) is 22.3 Å². The monoisotopic (exact) mass is 299 g/mol. The molecule has 0 unspecified atom stereocenters. The van der Waals surface area contributed by atoms with Crippen molar-refractivity contribution in [2.45, 2.75) is 20.8 Å². The van der Waals surface area contributed by atoms with Crippen LogP contribution in [-0.4, -0.2) is 29.4 Å². The number of amides is 1. The van der Waals surface area contributed by atoms with Crippen LogP contribution in [0.4, 0.5) is 5.82 Å². The Labute approximate surface area is 110 Å². The van der Waals surface area contributed by atoms with Crippen molar-refractivity contribution in [2.24, 2.45) is 5.41 Å². The van der Waals surface area contributed by atoms with Crippen LogP contribution in [0.25, 0.3) is 0 Å². The van der Waals surface area contributed by atoms with Crippen molar-refractivity contribution in [1.82, 2.24) is 9.88 Å². The summed E-state index contributed by atoms with van der Waals surface area (Å²) in [7, 11) is 1.79. The van der Waals surface area contributed by atoms with Crippen molar-refractivity contribution in [3.63, 3.8) is 0 Å². The second kappa shape index (κ2) is 5.04. The van der Waals surface area contributed by atoms with E-state index in [2.05, 4.69) is 41.7 Å². The fourth-order valence-corrected chi connectivity index (χ4v) is 1.99. The van der Waals surface area contributed by atoms with E-state index in [-0.39, 0.29) is 11.3 Å². The first kappa shape index (κ1) is 14.0. The molecule has 94 valence electrons. The third-order valence-corrected chi connectivity index (χ3v) is 2.80. The minimum atomic E-state index is -0.0547. The molecule has 0 aliphatic carbocycles. The number of anilines is 1. The van der Waals surface area contributed by atoms with Gasteiger partial charge in [-0.1, -0.05) is 20.8 Å². The van der Waals surface area contributed by atoms with Crippen molar-refractivity contribution < 1.29 is 4.79 Å². The molecule has 0 aliphatic heterocycles. The first-order valence-corrected chi connectivity index (χ1v) is 6.16. The summed E-state index contributed by atoms with van der Waals surface area (Å²) in [6, 6.07) is 1.59. The maximum atomic E-state index is 12.2. The largest absolute Gasteiger partial charge is 0.384 e. The molecule has 4 nitrogen and oxygen atoms in total.